The van der Waals surface area contributed by atoms with E-state index in [0.29, 0.717) is 10.9 Å². The standard InChI is InChI=1S/C16H12B2O6/c19-15-13(21-17(23-15)11-7-3-1-4-8-11)14-16(20)24-18(22-14)12-9-5-2-6-10-12/h1-10,13-14H/t13-,14-/m1/s1. The summed E-state index contributed by atoms with van der Waals surface area (Å²) in [6.45, 7) is 0. The van der Waals surface area contributed by atoms with Crippen molar-refractivity contribution in [3.8, 4) is 0 Å². The van der Waals surface area contributed by atoms with Crippen LogP contribution in [0.2, 0.25) is 0 Å². The van der Waals surface area contributed by atoms with Gasteiger partial charge in [-0.05, 0) is 10.9 Å². The molecule has 2 fully saturated rings. The Balaban J connectivity index is 1.50. The highest BCUT2D eigenvalue weighted by atomic mass is 16.7. The molecule has 6 nitrogen and oxygen atoms in total. The largest absolute Gasteiger partial charge is 0.565 e. The van der Waals surface area contributed by atoms with Gasteiger partial charge in [0.2, 0.25) is 0 Å². The van der Waals surface area contributed by atoms with Crippen LogP contribution in [0.1, 0.15) is 0 Å². The molecule has 0 spiro atoms. The molecule has 24 heavy (non-hydrogen) atoms. The van der Waals surface area contributed by atoms with Crippen molar-refractivity contribution >= 4 is 37.1 Å². The summed E-state index contributed by atoms with van der Waals surface area (Å²) in [5, 5.41) is 0. The van der Waals surface area contributed by atoms with Gasteiger partial charge in [-0.25, -0.2) is 0 Å². The zero-order valence-corrected chi connectivity index (χ0v) is 12.5. The van der Waals surface area contributed by atoms with Crippen molar-refractivity contribution in [2.24, 2.45) is 0 Å². The van der Waals surface area contributed by atoms with Crippen molar-refractivity contribution in [2.75, 3.05) is 0 Å². The Labute approximate surface area is 138 Å². The zero-order chi connectivity index (χ0) is 16.5. The number of hydrogen-bond acceptors (Lipinski definition) is 6. The van der Waals surface area contributed by atoms with E-state index in [1.807, 2.05) is 36.4 Å². The molecule has 8 heteroatoms. The molecule has 2 aliphatic heterocycles. The summed E-state index contributed by atoms with van der Waals surface area (Å²) in [4.78, 5) is 24.2. The Hall–Kier alpha value is -2.57. The summed E-state index contributed by atoms with van der Waals surface area (Å²) < 4.78 is 21.6. The van der Waals surface area contributed by atoms with E-state index in [4.69, 9.17) is 18.6 Å². The third-order valence-electron chi connectivity index (χ3n) is 3.87. The van der Waals surface area contributed by atoms with Crippen LogP contribution in [0.15, 0.2) is 60.7 Å². The predicted octanol–water partition coefficient (Wildman–Crippen LogP) is -0.339. The Morgan fingerprint density at radius 1 is 0.625 bits per heavy atom. The van der Waals surface area contributed by atoms with Gasteiger partial charge in [-0.2, -0.15) is 0 Å². The highest BCUT2D eigenvalue weighted by Gasteiger charge is 2.54. The number of carbonyl (C=O) groups is 2. The fraction of sp³-hybridized carbons (Fsp3) is 0.125. The summed E-state index contributed by atoms with van der Waals surface area (Å²) in [7, 11) is -1.70. The highest BCUT2D eigenvalue weighted by Crippen LogP contribution is 2.22. The molecule has 118 valence electrons. The van der Waals surface area contributed by atoms with Crippen molar-refractivity contribution in [1.82, 2.24) is 0 Å². The second-order valence-corrected chi connectivity index (χ2v) is 5.47. The minimum absolute atomic E-state index is 0.639. The summed E-state index contributed by atoms with van der Waals surface area (Å²) >= 11 is 0. The lowest BCUT2D eigenvalue weighted by Crippen LogP contribution is -2.40. The molecular weight excluding hydrogens is 310 g/mol. The average Bonchev–Trinajstić information content (AvgIpc) is 3.19. The van der Waals surface area contributed by atoms with Crippen LogP contribution in [-0.2, 0) is 28.2 Å². The van der Waals surface area contributed by atoms with E-state index in [1.54, 1.807) is 24.3 Å². The Morgan fingerprint density at radius 2 is 1.00 bits per heavy atom. The third-order valence-corrected chi connectivity index (χ3v) is 3.87. The first kappa shape index (κ1) is 15.0. The molecule has 0 saturated carbocycles. The molecule has 2 aromatic carbocycles. The van der Waals surface area contributed by atoms with Crippen molar-refractivity contribution < 1.29 is 28.2 Å². The van der Waals surface area contributed by atoms with Gasteiger partial charge in [0.05, 0.1) is 0 Å². The van der Waals surface area contributed by atoms with Crippen LogP contribution in [-0.4, -0.2) is 38.4 Å². The SMILES string of the molecule is O=C1OB(c2ccccc2)O[C@@H]1[C@H]1OB(c2ccccc2)OC1=O. The van der Waals surface area contributed by atoms with Crippen LogP contribution in [0.4, 0.5) is 0 Å². The first-order valence-electron chi connectivity index (χ1n) is 7.54. The molecule has 0 aliphatic carbocycles. The number of rotatable bonds is 3. The van der Waals surface area contributed by atoms with Crippen molar-refractivity contribution in [3.63, 3.8) is 0 Å². The second-order valence-electron chi connectivity index (χ2n) is 5.47. The third kappa shape index (κ3) is 2.70. The van der Waals surface area contributed by atoms with Crippen LogP contribution < -0.4 is 10.9 Å². The molecule has 2 atom stereocenters. The van der Waals surface area contributed by atoms with Crippen LogP contribution in [0.25, 0.3) is 0 Å². The predicted molar refractivity (Wildman–Crippen MR) is 85.6 cm³/mol. The van der Waals surface area contributed by atoms with Gasteiger partial charge in [-0.3, -0.25) is 9.59 Å². The highest BCUT2D eigenvalue weighted by molar-refractivity contribution is 6.65. The van der Waals surface area contributed by atoms with E-state index in [9.17, 15) is 9.59 Å². The van der Waals surface area contributed by atoms with Crippen molar-refractivity contribution in [1.29, 1.82) is 0 Å². The lowest BCUT2D eigenvalue weighted by Gasteiger charge is -2.11. The summed E-state index contributed by atoms with van der Waals surface area (Å²) in [5.41, 5.74) is 1.39. The minimum atomic E-state index is -1.14. The minimum Gasteiger partial charge on any atom is -0.504 e. The Kier molecular flexibility index (Phi) is 3.84. The molecule has 0 unspecified atom stereocenters. The van der Waals surface area contributed by atoms with Crippen LogP contribution in [0.3, 0.4) is 0 Å². The maximum atomic E-state index is 12.1. The number of hydrogen-bond donors (Lipinski definition) is 0. The zero-order valence-electron chi connectivity index (χ0n) is 12.5. The van der Waals surface area contributed by atoms with Crippen LogP contribution in [0.5, 0.6) is 0 Å². The molecule has 4 rings (SSSR count). The fourth-order valence-electron chi connectivity index (χ4n) is 2.68. The van der Waals surface area contributed by atoms with Gasteiger partial charge >= 0.3 is 26.2 Å². The molecule has 0 aromatic heterocycles. The fourth-order valence-corrected chi connectivity index (χ4v) is 2.68. The lowest BCUT2D eigenvalue weighted by atomic mass is 9.79. The van der Waals surface area contributed by atoms with Gasteiger partial charge in [0, 0.05) is 0 Å². The molecule has 2 saturated heterocycles. The molecule has 2 heterocycles. The van der Waals surface area contributed by atoms with Crippen molar-refractivity contribution in [2.45, 2.75) is 12.2 Å². The molecular formula is C16H12B2O6. The molecule has 2 aliphatic rings. The van der Waals surface area contributed by atoms with E-state index < -0.39 is 38.4 Å². The molecule has 0 amide bonds. The maximum Gasteiger partial charge on any atom is 0.565 e. The Morgan fingerprint density at radius 3 is 1.38 bits per heavy atom. The summed E-state index contributed by atoms with van der Waals surface area (Å²) in [6.07, 6.45) is -2.28. The molecule has 0 bridgehead atoms. The van der Waals surface area contributed by atoms with E-state index in [0.717, 1.165) is 0 Å². The quantitative estimate of drug-likeness (QED) is 0.720. The van der Waals surface area contributed by atoms with E-state index >= 15 is 0 Å². The lowest BCUT2D eigenvalue weighted by molar-refractivity contribution is -0.147. The normalized spacial score (nSPS) is 23.3. The van der Waals surface area contributed by atoms with Crippen molar-refractivity contribution in [3.05, 3.63) is 60.7 Å². The van der Waals surface area contributed by atoms with Gasteiger partial charge in [0.25, 0.3) is 0 Å². The molecule has 2 aromatic rings. The van der Waals surface area contributed by atoms with Gasteiger partial charge < -0.3 is 18.6 Å². The monoisotopic (exact) mass is 322 g/mol. The van der Waals surface area contributed by atoms with Gasteiger partial charge in [-0.15, -0.1) is 0 Å². The van der Waals surface area contributed by atoms with Gasteiger partial charge in [0.15, 0.2) is 12.2 Å². The molecule has 0 N–H and O–H groups in total. The van der Waals surface area contributed by atoms with Gasteiger partial charge in [0.1, 0.15) is 0 Å². The maximum absolute atomic E-state index is 12.1. The van der Waals surface area contributed by atoms with E-state index in [2.05, 4.69) is 0 Å². The topological polar surface area (TPSA) is 71.1 Å². The van der Waals surface area contributed by atoms with Crippen LogP contribution >= 0.6 is 0 Å². The second kappa shape index (κ2) is 6.14. The van der Waals surface area contributed by atoms with E-state index in [-0.39, 0.29) is 0 Å². The van der Waals surface area contributed by atoms with E-state index in [1.165, 1.54) is 0 Å². The van der Waals surface area contributed by atoms with Crippen LogP contribution in [0, 0.1) is 0 Å². The number of benzene rings is 2. The first-order chi connectivity index (χ1) is 11.7. The summed E-state index contributed by atoms with van der Waals surface area (Å²) in [5.74, 6) is -1.28. The first-order valence-corrected chi connectivity index (χ1v) is 7.54. The smallest absolute Gasteiger partial charge is 0.504 e. The van der Waals surface area contributed by atoms with Gasteiger partial charge in [-0.1, -0.05) is 60.7 Å². The average molecular weight is 322 g/mol. The summed E-state index contributed by atoms with van der Waals surface area (Å²) in [6, 6.07) is 18.1. The molecule has 0 radical (unpaired) electrons. The Bertz CT molecular complexity index is 688. The number of carbonyl (C=O) groups excluding carboxylic acids is 2.